The molecule has 0 heterocycles. The van der Waals surface area contributed by atoms with Gasteiger partial charge in [-0.1, -0.05) is 13.8 Å². The molecule has 1 unspecified atom stereocenters. The largest absolute Gasteiger partial charge is 0.365 e. The van der Waals surface area contributed by atoms with Gasteiger partial charge in [0.2, 0.25) is 0 Å². The van der Waals surface area contributed by atoms with E-state index >= 15 is 0 Å². The molecule has 0 saturated carbocycles. The summed E-state index contributed by atoms with van der Waals surface area (Å²) in [6.45, 7) is 3.70. The monoisotopic (exact) mass is 174 g/mol. The van der Waals surface area contributed by atoms with Crippen LogP contribution in [0.25, 0.3) is 0 Å². The number of unbranched alkanes of at least 4 members (excludes halogenated alkanes) is 1. The molecule has 0 saturated heterocycles. The van der Waals surface area contributed by atoms with Gasteiger partial charge in [0.05, 0.1) is 0 Å². The van der Waals surface area contributed by atoms with Gasteiger partial charge in [-0.25, -0.2) is 0 Å². The Morgan fingerprint density at radius 2 is 2.08 bits per heavy atom. The van der Waals surface area contributed by atoms with Gasteiger partial charge in [-0.3, -0.25) is 0 Å². The first-order valence-corrected chi connectivity index (χ1v) is 4.43. The molecule has 72 valence electrons. The van der Waals surface area contributed by atoms with Gasteiger partial charge in [0.15, 0.2) is 5.79 Å². The molecular weight excluding hydrogens is 156 g/mol. The van der Waals surface area contributed by atoms with E-state index in [1.54, 1.807) is 6.92 Å². The number of carbonyl (C=O) groups excluding carboxylic acids is 1. The van der Waals surface area contributed by atoms with Crippen LogP contribution in [0.3, 0.4) is 0 Å². The van der Waals surface area contributed by atoms with Crippen LogP contribution in [0.4, 0.5) is 0 Å². The average Bonchev–Trinajstić information content (AvgIpc) is 2.03. The van der Waals surface area contributed by atoms with Crippen LogP contribution in [-0.2, 0) is 4.79 Å². The van der Waals surface area contributed by atoms with E-state index in [2.05, 4.69) is 0 Å². The summed E-state index contributed by atoms with van der Waals surface area (Å²) in [7, 11) is 0. The molecule has 3 heteroatoms. The molecule has 0 aliphatic carbocycles. The lowest BCUT2D eigenvalue weighted by molar-refractivity contribution is -0.201. The fraction of sp³-hybridized carbons (Fsp3) is 0.889. The van der Waals surface area contributed by atoms with Crippen molar-refractivity contribution in [2.45, 2.75) is 45.3 Å². The highest BCUT2D eigenvalue weighted by molar-refractivity contribution is 5.48. The van der Waals surface area contributed by atoms with Gasteiger partial charge >= 0.3 is 0 Å². The third kappa shape index (κ3) is 3.83. The summed E-state index contributed by atoms with van der Waals surface area (Å²) < 4.78 is 0. The smallest absolute Gasteiger partial charge is 0.165 e. The summed E-state index contributed by atoms with van der Waals surface area (Å²) in [5.74, 6) is -1.73. The Balaban J connectivity index is 3.77. The van der Waals surface area contributed by atoms with E-state index in [4.69, 9.17) is 0 Å². The summed E-state index contributed by atoms with van der Waals surface area (Å²) in [6, 6.07) is 0. The van der Waals surface area contributed by atoms with Crippen LogP contribution in [0, 0.1) is 5.92 Å². The Morgan fingerprint density at radius 3 is 2.50 bits per heavy atom. The molecule has 0 rings (SSSR count). The molecule has 3 nitrogen and oxygen atoms in total. The molecular formula is C9H18O3. The normalized spacial score (nSPS) is 14.3. The van der Waals surface area contributed by atoms with Gasteiger partial charge in [0, 0.05) is 18.8 Å². The maximum atomic E-state index is 9.97. The molecule has 0 aromatic carbocycles. The van der Waals surface area contributed by atoms with Crippen molar-refractivity contribution in [3.63, 3.8) is 0 Å². The maximum Gasteiger partial charge on any atom is 0.165 e. The summed E-state index contributed by atoms with van der Waals surface area (Å²) in [6.07, 6.45) is 2.75. The van der Waals surface area contributed by atoms with Gasteiger partial charge in [0.25, 0.3) is 0 Å². The van der Waals surface area contributed by atoms with Crippen molar-refractivity contribution in [3.8, 4) is 0 Å². The van der Waals surface area contributed by atoms with E-state index in [-0.39, 0.29) is 12.3 Å². The minimum absolute atomic E-state index is 0.135. The standard InChI is InChI=1S/C9H18O3/c1-3-8(2)9(11,12)6-4-5-7-10/h7-8,11-12H,3-6H2,1-2H3. The molecule has 0 aromatic heterocycles. The number of aliphatic hydroxyl groups is 2. The lowest BCUT2D eigenvalue weighted by atomic mass is 9.93. The zero-order chi connectivity index (χ0) is 9.61. The highest BCUT2D eigenvalue weighted by Crippen LogP contribution is 2.22. The Kier molecular flexibility index (Phi) is 5.09. The predicted molar refractivity (Wildman–Crippen MR) is 46.5 cm³/mol. The molecule has 2 N–H and O–H groups in total. The van der Waals surface area contributed by atoms with E-state index in [1.807, 2.05) is 6.92 Å². The lowest BCUT2D eigenvalue weighted by Crippen LogP contribution is -2.35. The van der Waals surface area contributed by atoms with Gasteiger partial charge in [-0.05, 0) is 12.8 Å². The van der Waals surface area contributed by atoms with Crippen LogP contribution in [-0.4, -0.2) is 22.3 Å². The number of hydrogen-bond acceptors (Lipinski definition) is 3. The summed E-state index contributed by atoms with van der Waals surface area (Å²) in [4.78, 5) is 9.97. The second kappa shape index (κ2) is 5.27. The first kappa shape index (κ1) is 11.6. The van der Waals surface area contributed by atoms with Crippen LogP contribution >= 0.6 is 0 Å². The van der Waals surface area contributed by atoms with E-state index in [9.17, 15) is 15.0 Å². The second-order valence-corrected chi connectivity index (χ2v) is 3.25. The Bertz CT molecular complexity index is 132. The predicted octanol–water partition coefficient (Wildman–Crippen LogP) is 1.08. The van der Waals surface area contributed by atoms with Crippen molar-refractivity contribution in [3.05, 3.63) is 0 Å². The minimum Gasteiger partial charge on any atom is -0.365 e. The molecule has 0 radical (unpaired) electrons. The van der Waals surface area contributed by atoms with Crippen molar-refractivity contribution < 1.29 is 15.0 Å². The molecule has 0 aliphatic rings. The fourth-order valence-corrected chi connectivity index (χ4v) is 1.02. The summed E-state index contributed by atoms with van der Waals surface area (Å²) in [5, 5.41) is 18.9. The zero-order valence-corrected chi connectivity index (χ0v) is 7.79. The molecule has 12 heavy (non-hydrogen) atoms. The van der Waals surface area contributed by atoms with Crippen molar-refractivity contribution >= 4 is 6.29 Å². The highest BCUT2D eigenvalue weighted by Gasteiger charge is 2.28. The minimum atomic E-state index is -1.60. The third-order valence-corrected chi connectivity index (χ3v) is 2.27. The number of carbonyl (C=O) groups is 1. The number of aldehydes is 1. The zero-order valence-electron chi connectivity index (χ0n) is 7.79. The Hall–Kier alpha value is -0.410. The third-order valence-electron chi connectivity index (χ3n) is 2.27. The van der Waals surface area contributed by atoms with Crippen molar-refractivity contribution in [2.75, 3.05) is 0 Å². The van der Waals surface area contributed by atoms with E-state index in [1.165, 1.54) is 0 Å². The molecule has 0 aliphatic heterocycles. The Labute approximate surface area is 73.4 Å². The van der Waals surface area contributed by atoms with Crippen LogP contribution in [0.2, 0.25) is 0 Å². The fourth-order valence-electron chi connectivity index (χ4n) is 1.02. The van der Waals surface area contributed by atoms with E-state index < -0.39 is 5.79 Å². The van der Waals surface area contributed by atoms with Crippen LogP contribution in [0.5, 0.6) is 0 Å². The van der Waals surface area contributed by atoms with Crippen LogP contribution in [0.15, 0.2) is 0 Å². The van der Waals surface area contributed by atoms with Gasteiger partial charge in [0.1, 0.15) is 6.29 Å². The number of rotatable bonds is 6. The SMILES string of the molecule is CCC(C)C(O)(O)CCCC=O. The summed E-state index contributed by atoms with van der Waals surface area (Å²) >= 11 is 0. The lowest BCUT2D eigenvalue weighted by Gasteiger charge is -2.27. The second-order valence-electron chi connectivity index (χ2n) is 3.25. The van der Waals surface area contributed by atoms with Gasteiger partial charge in [-0.15, -0.1) is 0 Å². The van der Waals surface area contributed by atoms with E-state index in [0.717, 1.165) is 12.7 Å². The van der Waals surface area contributed by atoms with Gasteiger partial charge in [-0.2, -0.15) is 0 Å². The molecule has 0 spiro atoms. The highest BCUT2D eigenvalue weighted by atomic mass is 16.5. The molecule has 1 atom stereocenters. The van der Waals surface area contributed by atoms with Crippen molar-refractivity contribution in [1.29, 1.82) is 0 Å². The first-order chi connectivity index (χ1) is 5.54. The first-order valence-electron chi connectivity index (χ1n) is 4.43. The topological polar surface area (TPSA) is 57.5 Å². The quantitative estimate of drug-likeness (QED) is 0.360. The molecule has 0 aromatic rings. The molecule has 0 amide bonds. The van der Waals surface area contributed by atoms with Crippen LogP contribution in [0.1, 0.15) is 39.5 Å². The summed E-state index contributed by atoms with van der Waals surface area (Å²) in [5.41, 5.74) is 0. The Morgan fingerprint density at radius 1 is 1.50 bits per heavy atom. The number of hydrogen-bond donors (Lipinski definition) is 2. The van der Waals surface area contributed by atoms with Crippen molar-refractivity contribution in [1.82, 2.24) is 0 Å². The van der Waals surface area contributed by atoms with E-state index in [0.29, 0.717) is 12.8 Å². The maximum absolute atomic E-state index is 9.97. The molecule has 0 fully saturated rings. The van der Waals surface area contributed by atoms with Crippen LogP contribution < -0.4 is 0 Å². The molecule has 0 bridgehead atoms. The average molecular weight is 174 g/mol. The van der Waals surface area contributed by atoms with Crippen molar-refractivity contribution in [2.24, 2.45) is 5.92 Å². The van der Waals surface area contributed by atoms with Gasteiger partial charge < -0.3 is 15.0 Å².